The highest BCUT2D eigenvalue weighted by Gasteiger charge is 2.09. The second-order valence-corrected chi connectivity index (χ2v) is 3.81. The van der Waals surface area contributed by atoms with Gasteiger partial charge in [0.2, 0.25) is 0 Å². The average Bonchev–Trinajstić information content (AvgIpc) is 2.73. The average molecular weight is 222 g/mol. The van der Waals surface area contributed by atoms with Crippen LogP contribution >= 0.6 is 0 Å². The van der Waals surface area contributed by atoms with Crippen LogP contribution in [0.2, 0.25) is 0 Å². The standard InChI is InChI=1S/C12H19N3O/c1-16-11-5-4-9-15-10-8-14-12(15)6-2-3-7-13/h8,10H,2-6,9,11H2,1H3/p+1. The Balaban J connectivity index is 2.30. The Labute approximate surface area is 96.9 Å². The molecule has 0 fully saturated rings. The third-order valence-corrected chi connectivity index (χ3v) is 2.55. The van der Waals surface area contributed by atoms with E-state index in [0.29, 0.717) is 6.42 Å². The van der Waals surface area contributed by atoms with Crippen molar-refractivity contribution in [3.05, 3.63) is 18.2 Å². The molecular formula is C12H20N3O+. The molecule has 0 amide bonds. The van der Waals surface area contributed by atoms with E-state index >= 15 is 0 Å². The van der Waals surface area contributed by atoms with Gasteiger partial charge in [-0.25, -0.2) is 9.55 Å². The van der Waals surface area contributed by atoms with Crippen LogP contribution in [0, 0.1) is 11.3 Å². The second kappa shape index (κ2) is 7.89. The minimum absolute atomic E-state index is 0.628. The zero-order chi connectivity index (χ0) is 11.6. The fourth-order valence-corrected chi connectivity index (χ4v) is 1.69. The minimum atomic E-state index is 0.628. The van der Waals surface area contributed by atoms with Crippen molar-refractivity contribution in [2.45, 2.75) is 38.6 Å². The number of hydrogen-bond donors (Lipinski definition) is 1. The van der Waals surface area contributed by atoms with Gasteiger partial charge in [-0.2, -0.15) is 5.26 Å². The molecule has 88 valence electrons. The number of imidazole rings is 1. The van der Waals surface area contributed by atoms with E-state index in [9.17, 15) is 0 Å². The first-order valence-electron chi connectivity index (χ1n) is 5.80. The number of aromatic amines is 1. The maximum atomic E-state index is 8.48. The molecule has 1 heterocycles. The van der Waals surface area contributed by atoms with E-state index in [1.54, 1.807) is 7.11 Å². The summed E-state index contributed by atoms with van der Waals surface area (Å²) < 4.78 is 7.25. The summed E-state index contributed by atoms with van der Waals surface area (Å²) in [6.07, 6.45) is 8.74. The lowest BCUT2D eigenvalue weighted by Gasteiger charge is -2.00. The van der Waals surface area contributed by atoms with Crippen molar-refractivity contribution in [3.8, 4) is 6.07 Å². The normalized spacial score (nSPS) is 10.2. The summed E-state index contributed by atoms with van der Waals surface area (Å²) in [5.74, 6) is 1.22. The maximum Gasteiger partial charge on any atom is 0.254 e. The van der Waals surface area contributed by atoms with Gasteiger partial charge in [-0.05, 0) is 19.3 Å². The van der Waals surface area contributed by atoms with Crippen LogP contribution in [0.15, 0.2) is 12.4 Å². The third kappa shape index (κ3) is 4.45. The number of aromatic nitrogens is 2. The molecule has 1 rings (SSSR count). The van der Waals surface area contributed by atoms with Crippen molar-refractivity contribution in [2.24, 2.45) is 0 Å². The van der Waals surface area contributed by atoms with Crippen molar-refractivity contribution >= 4 is 0 Å². The Morgan fingerprint density at radius 2 is 2.31 bits per heavy atom. The third-order valence-electron chi connectivity index (χ3n) is 2.55. The minimum Gasteiger partial charge on any atom is -0.385 e. The predicted octanol–water partition coefficient (Wildman–Crippen LogP) is 1.58. The van der Waals surface area contributed by atoms with Crippen LogP contribution in [-0.2, 0) is 17.7 Å². The van der Waals surface area contributed by atoms with Gasteiger partial charge in [-0.3, -0.25) is 0 Å². The van der Waals surface area contributed by atoms with Crippen LogP contribution < -0.4 is 4.57 Å². The van der Waals surface area contributed by atoms with Gasteiger partial charge in [0, 0.05) is 20.1 Å². The molecule has 0 atom stereocenters. The molecule has 0 aliphatic heterocycles. The molecule has 16 heavy (non-hydrogen) atoms. The number of aryl methyl sites for hydroxylation is 2. The fraction of sp³-hybridized carbons (Fsp3) is 0.667. The van der Waals surface area contributed by atoms with Crippen LogP contribution in [0.4, 0.5) is 0 Å². The molecule has 0 bridgehead atoms. The quantitative estimate of drug-likeness (QED) is 0.536. The molecule has 0 saturated carbocycles. The van der Waals surface area contributed by atoms with Gasteiger partial charge >= 0.3 is 0 Å². The van der Waals surface area contributed by atoms with Crippen molar-refractivity contribution in [3.63, 3.8) is 0 Å². The Kier molecular flexibility index (Phi) is 6.28. The number of H-pyrrole nitrogens is 1. The van der Waals surface area contributed by atoms with Gasteiger partial charge < -0.3 is 4.74 Å². The molecule has 1 N–H and O–H groups in total. The second-order valence-electron chi connectivity index (χ2n) is 3.81. The number of methoxy groups -OCH3 is 1. The van der Waals surface area contributed by atoms with Gasteiger partial charge in [0.15, 0.2) is 0 Å². The molecule has 0 unspecified atom stereocenters. The summed E-state index contributed by atoms with van der Waals surface area (Å²) in [5, 5.41) is 8.48. The van der Waals surface area contributed by atoms with Crippen molar-refractivity contribution in [2.75, 3.05) is 13.7 Å². The van der Waals surface area contributed by atoms with Gasteiger partial charge in [0.05, 0.1) is 19.0 Å². The van der Waals surface area contributed by atoms with Gasteiger partial charge in [0.1, 0.15) is 12.4 Å². The van der Waals surface area contributed by atoms with E-state index in [4.69, 9.17) is 10.00 Å². The summed E-state index contributed by atoms with van der Waals surface area (Å²) in [6.45, 7) is 1.85. The largest absolute Gasteiger partial charge is 0.385 e. The first kappa shape index (κ1) is 12.7. The smallest absolute Gasteiger partial charge is 0.254 e. The first-order valence-corrected chi connectivity index (χ1v) is 5.80. The fourth-order valence-electron chi connectivity index (χ4n) is 1.69. The van der Waals surface area contributed by atoms with E-state index in [0.717, 1.165) is 38.8 Å². The van der Waals surface area contributed by atoms with Crippen LogP contribution in [0.3, 0.4) is 0 Å². The number of nitrogens with one attached hydrogen (secondary N) is 1. The van der Waals surface area contributed by atoms with Crippen molar-refractivity contribution in [1.29, 1.82) is 5.26 Å². The summed E-state index contributed by atoms with van der Waals surface area (Å²) in [5.41, 5.74) is 0. The number of unbranched alkanes of at least 4 members (excludes halogenated alkanes) is 2. The number of nitrogens with zero attached hydrogens (tertiary/aromatic N) is 2. The van der Waals surface area contributed by atoms with E-state index in [2.05, 4.69) is 21.8 Å². The lowest BCUT2D eigenvalue weighted by molar-refractivity contribution is -0.703. The SMILES string of the molecule is COCCCC[n+]1cc[nH]c1CCCC#N. The van der Waals surface area contributed by atoms with Crippen molar-refractivity contribution < 1.29 is 9.30 Å². The Morgan fingerprint density at radius 1 is 1.44 bits per heavy atom. The molecule has 0 aliphatic rings. The highest BCUT2D eigenvalue weighted by molar-refractivity contribution is 4.80. The zero-order valence-corrected chi connectivity index (χ0v) is 9.91. The molecular weight excluding hydrogens is 202 g/mol. The van der Waals surface area contributed by atoms with Crippen LogP contribution in [0.5, 0.6) is 0 Å². The van der Waals surface area contributed by atoms with Gasteiger partial charge in [-0.1, -0.05) is 0 Å². The molecule has 0 aromatic carbocycles. The van der Waals surface area contributed by atoms with Crippen LogP contribution in [-0.4, -0.2) is 18.7 Å². The molecule has 0 saturated heterocycles. The Morgan fingerprint density at radius 3 is 3.06 bits per heavy atom. The van der Waals surface area contributed by atoms with Crippen LogP contribution in [0.25, 0.3) is 0 Å². The Hall–Kier alpha value is -1.34. The van der Waals surface area contributed by atoms with Gasteiger partial charge in [0.25, 0.3) is 5.82 Å². The summed E-state index contributed by atoms with van der Waals surface area (Å²) in [7, 11) is 1.73. The summed E-state index contributed by atoms with van der Waals surface area (Å²) >= 11 is 0. The number of nitriles is 1. The van der Waals surface area contributed by atoms with E-state index in [1.165, 1.54) is 5.82 Å². The van der Waals surface area contributed by atoms with E-state index in [1.807, 2.05) is 6.20 Å². The molecule has 1 aromatic heterocycles. The molecule has 0 radical (unpaired) electrons. The topological polar surface area (TPSA) is 52.7 Å². The van der Waals surface area contributed by atoms with E-state index in [-0.39, 0.29) is 0 Å². The zero-order valence-electron chi connectivity index (χ0n) is 9.91. The van der Waals surface area contributed by atoms with E-state index < -0.39 is 0 Å². The predicted molar refractivity (Wildman–Crippen MR) is 60.6 cm³/mol. The Bertz CT molecular complexity index is 327. The number of ether oxygens (including phenoxy) is 1. The highest BCUT2D eigenvalue weighted by Crippen LogP contribution is 1.98. The molecule has 4 heteroatoms. The highest BCUT2D eigenvalue weighted by atomic mass is 16.5. The van der Waals surface area contributed by atoms with Gasteiger partial charge in [-0.15, -0.1) is 0 Å². The molecule has 0 spiro atoms. The first-order chi connectivity index (χ1) is 7.88. The summed E-state index contributed by atoms with van der Waals surface area (Å²) in [6, 6.07) is 2.17. The molecule has 1 aromatic rings. The van der Waals surface area contributed by atoms with Crippen molar-refractivity contribution in [1.82, 2.24) is 4.98 Å². The van der Waals surface area contributed by atoms with Crippen LogP contribution in [0.1, 0.15) is 31.5 Å². The lowest BCUT2D eigenvalue weighted by atomic mass is 10.2. The monoisotopic (exact) mass is 222 g/mol. The molecule has 4 nitrogen and oxygen atoms in total. The molecule has 0 aliphatic carbocycles. The number of rotatable bonds is 8. The maximum absolute atomic E-state index is 8.48. The lowest BCUT2D eigenvalue weighted by Crippen LogP contribution is -2.36. The summed E-state index contributed by atoms with van der Waals surface area (Å²) in [4.78, 5) is 3.23. The number of hydrogen-bond acceptors (Lipinski definition) is 2.